The summed E-state index contributed by atoms with van der Waals surface area (Å²) in [5, 5.41) is 13.2. The van der Waals surface area contributed by atoms with Crippen molar-refractivity contribution in [3.05, 3.63) is 46.6 Å². The summed E-state index contributed by atoms with van der Waals surface area (Å²) in [6.45, 7) is 3.95. The first kappa shape index (κ1) is 13.8. The number of rotatable bonds is 4. The summed E-state index contributed by atoms with van der Waals surface area (Å²) in [5.74, 6) is 0.470. The van der Waals surface area contributed by atoms with Gasteiger partial charge in [-0.2, -0.15) is 5.10 Å². The van der Waals surface area contributed by atoms with Gasteiger partial charge in [-0.25, -0.2) is 0 Å². The first-order valence-electron chi connectivity index (χ1n) is 7.44. The molecule has 0 saturated carbocycles. The van der Waals surface area contributed by atoms with E-state index in [1.165, 1.54) is 11.1 Å². The van der Waals surface area contributed by atoms with Crippen LogP contribution in [0, 0.1) is 0 Å². The summed E-state index contributed by atoms with van der Waals surface area (Å²) in [5.41, 5.74) is 4.26. The Labute approximate surface area is 124 Å². The number of anilines is 1. The van der Waals surface area contributed by atoms with E-state index in [1.807, 2.05) is 18.2 Å². The van der Waals surface area contributed by atoms with Crippen molar-refractivity contribution in [1.82, 2.24) is 15.5 Å². The number of nitrogens with zero attached hydrogens (tertiary/aromatic N) is 1. The number of benzene rings is 1. The lowest BCUT2D eigenvalue weighted by Crippen LogP contribution is -2.24. The molecular weight excluding hydrogens is 264 g/mol. The Morgan fingerprint density at radius 1 is 1.33 bits per heavy atom. The monoisotopic (exact) mass is 284 g/mol. The van der Waals surface area contributed by atoms with E-state index in [0.29, 0.717) is 11.4 Å². The quantitative estimate of drug-likeness (QED) is 0.806. The molecule has 1 aliphatic rings. The molecule has 1 aliphatic heterocycles. The lowest BCUT2D eigenvalue weighted by Gasteiger charge is -2.17. The Morgan fingerprint density at radius 2 is 2.24 bits per heavy atom. The van der Waals surface area contributed by atoms with Crippen molar-refractivity contribution in [3.8, 4) is 0 Å². The molecule has 21 heavy (non-hydrogen) atoms. The zero-order valence-corrected chi connectivity index (χ0v) is 12.2. The first-order valence-corrected chi connectivity index (χ1v) is 7.44. The zero-order valence-electron chi connectivity index (χ0n) is 12.2. The second-order valence-corrected chi connectivity index (χ2v) is 5.39. The lowest BCUT2D eigenvalue weighted by atomic mass is 9.98. The smallest absolute Gasteiger partial charge is 0.256 e. The Hall–Kier alpha value is -2.14. The lowest BCUT2D eigenvalue weighted by molar-refractivity contribution is 0.102. The molecule has 3 rings (SSSR count). The predicted octanol–water partition coefficient (Wildman–Crippen LogP) is 2.26. The van der Waals surface area contributed by atoms with Crippen LogP contribution in [0.4, 0.5) is 5.82 Å². The summed E-state index contributed by atoms with van der Waals surface area (Å²) >= 11 is 0. The molecule has 0 radical (unpaired) electrons. The average Bonchev–Trinajstić information content (AvgIpc) is 2.94. The van der Waals surface area contributed by atoms with E-state index in [2.05, 4.69) is 33.8 Å². The standard InChI is InChI=1S/C16H20N4O/c1-2-3-14-9-15(20-19-14)18-16(21)12-5-4-11-6-7-17-10-13(11)8-12/h4-5,8-9,17H,2-3,6-7,10H2,1H3,(H2,18,19,20,21). The maximum Gasteiger partial charge on any atom is 0.256 e. The van der Waals surface area contributed by atoms with E-state index < -0.39 is 0 Å². The van der Waals surface area contributed by atoms with Gasteiger partial charge in [-0.1, -0.05) is 19.4 Å². The maximum absolute atomic E-state index is 12.3. The van der Waals surface area contributed by atoms with Gasteiger partial charge in [-0.05, 0) is 42.6 Å². The summed E-state index contributed by atoms with van der Waals surface area (Å²) in [6.07, 6.45) is 3.01. The molecule has 0 unspecified atom stereocenters. The van der Waals surface area contributed by atoms with Crippen molar-refractivity contribution in [3.63, 3.8) is 0 Å². The minimum Gasteiger partial charge on any atom is -0.312 e. The van der Waals surface area contributed by atoms with E-state index in [-0.39, 0.29) is 5.91 Å². The van der Waals surface area contributed by atoms with Gasteiger partial charge in [-0.3, -0.25) is 9.89 Å². The minimum absolute atomic E-state index is 0.113. The predicted molar refractivity (Wildman–Crippen MR) is 82.4 cm³/mol. The second kappa shape index (κ2) is 6.10. The van der Waals surface area contributed by atoms with E-state index >= 15 is 0 Å². The molecule has 3 N–H and O–H groups in total. The molecule has 0 fully saturated rings. The number of aryl methyl sites for hydroxylation is 1. The number of hydrogen-bond acceptors (Lipinski definition) is 3. The number of carbonyl (C=O) groups excluding carboxylic acids is 1. The fraction of sp³-hybridized carbons (Fsp3) is 0.375. The number of fused-ring (bicyclic) bond motifs is 1. The molecule has 1 aromatic heterocycles. The van der Waals surface area contributed by atoms with Gasteiger partial charge in [0.2, 0.25) is 0 Å². The van der Waals surface area contributed by atoms with E-state index in [4.69, 9.17) is 0 Å². The van der Waals surface area contributed by atoms with Crippen LogP contribution in [0.1, 0.15) is 40.5 Å². The molecule has 0 bridgehead atoms. The van der Waals surface area contributed by atoms with E-state index in [1.54, 1.807) is 0 Å². The molecular formula is C16H20N4O. The van der Waals surface area contributed by atoms with Crippen molar-refractivity contribution >= 4 is 11.7 Å². The third kappa shape index (κ3) is 3.13. The average molecular weight is 284 g/mol. The Balaban J connectivity index is 1.72. The molecule has 1 aromatic carbocycles. The van der Waals surface area contributed by atoms with Crippen LogP contribution in [-0.4, -0.2) is 22.6 Å². The Kier molecular flexibility index (Phi) is 4.01. The molecule has 0 aliphatic carbocycles. The number of aromatic nitrogens is 2. The van der Waals surface area contributed by atoms with Crippen molar-refractivity contribution in [1.29, 1.82) is 0 Å². The molecule has 5 heteroatoms. The van der Waals surface area contributed by atoms with Crippen LogP contribution in [0.3, 0.4) is 0 Å². The van der Waals surface area contributed by atoms with Gasteiger partial charge in [0.25, 0.3) is 5.91 Å². The summed E-state index contributed by atoms with van der Waals surface area (Å²) in [4.78, 5) is 12.3. The molecule has 0 atom stereocenters. The molecule has 110 valence electrons. The van der Waals surface area contributed by atoms with Crippen molar-refractivity contribution < 1.29 is 4.79 Å². The van der Waals surface area contributed by atoms with Gasteiger partial charge in [0.15, 0.2) is 5.82 Å². The number of H-pyrrole nitrogens is 1. The summed E-state index contributed by atoms with van der Waals surface area (Å²) in [6, 6.07) is 7.80. The van der Waals surface area contributed by atoms with Gasteiger partial charge in [0.1, 0.15) is 0 Å². The highest BCUT2D eigenvalue weighted by Gasteiger charge is 2.13. The van der Waals surface area contributed by atoms with Gasteiger partial charge in [0, 0.05) is 23.9 Å². The van der Waals surface area contributed by atoms with Crippen molar-refractivity contribution in [2.75, 3.05) is 11.9 Å². The molecule has 2 aromatic rings. The molecule has 0 saturated heterocycles. The number of nitrogens with one attached hydrogen (secondary N) is 3. The highest BCUT2D eigenvalue weighted by molar-refractivity contribution is 6.03. The molecule has 5 nitrogen and oxygen atoms in total. The zero-order chi connectivity index (χ0) is 14.7. The van der Waals surface area contributed by atoms with Gasteiger partial charge in [-0.15, -0.1) is 0 Å². The number of amides is 1. The van der Waals surface area contributed by atoms with E-state index in [0.717, 1.165) is 38.0 Å². The minimum atomic E-state index is -0.113. The van der Waals surface area contributed by atoms with Crippen molar-refractivity contribution in [2.45, 2.75) is 32.7 Å². The van der Waals surface area contributed by atoms with Crippen LogP contribution in [0.25, 0.3) is 0 Å². The topological polar surface area (TPSA) is 69.8 Å². The third-order valence-corrected chi connectivity index (χ3v) is 3.75. The third-order valence-electron chi connectivity index (χ3n) is 3.75. The molecule has 1 amide bonds. The van der Waals surface area contributed by atoms with Crippen LogP contribution >= 0.6 is 0 Å². The van der Waals surface area contributed by atoms with Gasteiger partial charge in [0.05, 0.1) is 0 Å². The summed E-state index contributed by atoms with van der Waals surface area (Å²) in [7, 11) is 0. The molecule has 0 spiro atoms. The summed E-state index contributed by atoms with van der Waals surface area (Å²) < 4.78 is 0. The number of carbonyl (C=O) groups is 1. The number of hydrogen-bond donors (Lipinski definition) is 3. The Morgan fingerprint density at radius 3 is 3.10 bits per heavy atom. The normalized spacial score (nSPS) is 13.8. The highest BCUT2D eigenvalue weighted by Crippen LogP contribution is 2.17. The molecule has 2 heterocycles. The fourth-order valence-electron chi connectivity index (χ4n) is 2.63. The largest absolute Gasteiger partial charge is 0.312 e. The van der Waals surface area contributed by atoms with Gasteiger partial charge >= 0.3 is 0 Å². The van der Waals surface area contributed by atoms with Crippen LogP contribution in [0.5, 0.6) is 0 Å². The number of aromatic amines is 1. The van der Waals surface area contributed by atoms with Crippen LogP contribution in [0.15, 0.2) is 24.3 Å². The SMILES string of the molecule is CCCc1cc(NC(=O)c2ccc3c(c2)CNCC3)n[nH]1. The highest BCUT2D eigenvalue weighted by atomic mass is 16.1. The Bertz CT molecular complexity index is 647. The fourth-order valence-corrected chi connectivity index (χ4v) is 2.63. The maximum atomic E-state index is 12.3. The second-order valence-electron chi connectivity index (χ2n) is 5.39. The van der Waals surface area contributed by atoms with E-state index in [9.17, 15) is 4.79 Å². The van der Waals surface area contributed by atoms with Gasteiger partial charge < -0.3 is 10.6 Å². The van der Waals surface area contributed by atoms with Crippen LogP contribution < -0.4 is 10.6 Å². The van der Waals surface area contributed by atoms with Crippen LogP contribution in [0.2, 0.25) is 0 Å². The van der Waals surface area contributed by atoms with Crippen molar-refractivity contribution in [2.24, 2.45) is 0 Å². The first-order chi connectivity index (χ1) is 10.3. The van der Waals surface area contributed by atoms with Crippen LogP contribution in [-0.2, 0) is 19.4 Å².